The normalized spacial score (nSPS) is 13.3. The molecule has 1 spiro atoms. The third kappa shape index (κ3) is 3.90. The van der Waals surface area contributed by atoms with E-state index < -0.39 is 5.41 Å². The van der Waals surface area contributed by atoms with Crippen molar-refractivity contribution in [3.8, 4) is 56.1 Å². The molecule has 54 heavy (non-hydrogen) atoms. The Labute approximate surface area is 311 Å². The Kier molecular flexibility index (Phi) is 5.98. The van der Waals surface area contributed by atoms with Crippen LogP contribution in [0.2, 0.25) is 0 Å². The van der Waals surface area contributed by atoms with Gasteiger partial charge in [-0.3, -0.25) is 0 Å². The second-order valence-electron chi connectivity index (χ2n) is 14.4. The van der Waals surface area contributed by atoms with E-state index in [0.29, 0.717) is 5.89 Å². The summed E-state index contributed by atoms with van der Waals surface area (Å²) >= 11 is 0. The molecule has 0 fully saturated rings. The maximum absolute atomic E-state index is 6.14. The van der Waals surface area contributed by atoms with E-state index in [9.17, 15) is 0 Å². The summed E-state index contributed by atoms with van der Waals surface area (Å²) < 4.78 is 6.14. The van der Waals surface area contributed by atoms with Gasteiger partial charge in [0.1, 0.15) is 5.52 Å². The lowest BCUT2D eigenvalue weighted by Crippen LogP contribution is -2.25. The molecule has 250 valence electrons. The molecule has 0 bridgehead atoms. The molecular weight excluding hydrogens is 657 g/mol. The smallest absolute Gasteiger partial charge is 0.227 e. The molecule has 2 aromatic heterocycles. The Morgan fingerprint density at radius 3 is 1.70 bits per heavy atom. The van der Waals surface area contributed by atoms with Crippen LogP contribution in [0.3, 0.4) is 0 Å². The number of rotatable bonds is 3. The van der Waals surface area contributed by atoms with Crippen molar-refractivity contribution < 1.29 is 4.42 Å². The van der Waals surface area contributed by atoms with E-state index in [1.807, 2.05) is 24.3 Å². The summed E-state index contributed by atoms with van der Waals surface area (Å²) in [6.07, 6.45) is 0. The first-order valence-electron chi connectivity index (χ1n) is 18.5. The number of benzene rings is 8. The molecule has 3 nitrogen and oxygen atoms in total. The summed E-state index contributed by atoms with van der Waals surface area (Å²) in [5, 5.41) is 3.57. The van der Waals surface area contributed by atoms with Crippen molar-refractivity contribution in [1.82, 2.24) is 9.97 Å². The number of hydrogen-bond acceptors (Lipinski definition) is 3. The molecule has 0 atom stereocenters. The molecule has 0 unspecified atom stereocenters. The molecule has 0 saturated carbocycles. The van der Waals surface area contributed by atoms with Gasteiger partial charge in [0, 0.05) is 27.3 Å². The van der Waals surface area contributed by atoms with Crippen LogP contribution in [0.25, 0.3) is 88.9 Å². The highest BCUT2D eigenvalue weighted by Gasteiger charge is 2.52. The Hall–Kier alpha value is -7.10. The van der Waals surface area contributed by atoms with Crippen molar-refractivity contribution in [1.29, 1.82) is 0 Å². The van der Waals surface area contributed by atoms with E-state index >= 15 is 0 Å². The molecule has 0 N–H and O–H groups in total. The van der Waals surface area contributed by atoms with Crippen molar-refractivity contribution in [3.05, 3.63) is 204 Å². The largest absolute Gasteiger partial charge is 0.436 e. The number of nitrogens with zero attached hydrogens (tertiary/aromatic N) is 2. The van der Waals surface area contributed by atoms with Gasteiger partial charge in [-0.05, 0) is 92.0 Å². The van der Waals surface area contributed by atoms with Gasteiger partial charge in [0.25, 0.3) is 0 Å². The summed E-state index contributed by atoms with van der Waals surface area (Å²) in [4.78, 5) is 10.2. The monoisotopic (exact) mass is 686 g/mol. The minimum Gasteiger partial charge on any atom is -0.436 e. The van der Waals surface area contributed by atoms with Crippen LogP contribution in [0.4, 0.5) is 0 Å². The molecule has 2 aliphatic carbocycles. The Morgan fingerprint density at radius 2 is 0.963 bits per heavy atom. The van der Waals surface area contributed by atoms with Gasteiger partial charge in [0.15, 0.2) is 5.58 Å². The minimum atomic E-state index is -0.405. The van der Waals surface area contributed by atoms with Gasteiger partial charge in [0.05, 0.1) is 16.6 Å². The van der Waals surface area contributed by atoms with Crippen LogP contribution in [-0.2, 0) is 5.41 Å². The third-order valence-electron chi connectivity index (χ3n) is 11.7. The van der Waals surface area contributed by atoms with Gasteiger partial charge in [0.2, 0.25) is 5.89 Å². The summed E-state index contributed by atoms with van der Waals surface area (Å²) in [5.41, 5.74) is 18.0. The van der Waals surface area contributed by atoms with Crippen LogP contribution in [-0.4, -0.2) is 9.97 Å². The molecule has 8 aromatic carbocycles. The fraction of sp³-hybridized carbons (Fsp3) is 0.0196. The Morgan fingerprint density at radius 1 is 0.389 bits per heavy atom. The van der Waals surface area contributed by atoms with Crippen LogP contribution >= 0.6 is 0 Å². The zero-order chi connectivity index (χ0) is 35.4. The zero-order valence-electron chi connectivity index (χ0n) is 29.1. The number of aromatic nitrogens is 2. The van der Waals surface area contributed by atoms with Crippen molar-refractivity contribution in [3.63, 3.8) is 0 Å². The van der Waals surface area contributed by atoms with Crippen molar-refractivity contribution in [2.24, 2.45) is 0 Å². The first-order valence-corrected chi connectivity index (χ1v) is 18.5. The van der Waals surface area contributed by atoms with Crippen LogP contribution in [0, 0.1) is 0 Å². The Balaban J connectivity index is 1.10. The van der Waals surface area contributed by atoms with E-state index in [1.54, 1.807) is 0 Å². The quantitative estimate of drug-likeness (QED) is 0.174. The molecule has 0 aliphatic heterocycles. The molecule has 12 rings (SSSR count). The van der Waals surface area contributed by atoms with Crippen LogP contribution < -0.4 is 0 Å². The van der Waals surface area contributed by atoms with Gasteiger partial charge >= 0.3 is 0 Å². The first-order chi connectivity index (χ1) is 26.8. The molecule has 0 amide bonds. The number of oxazole rings is 1. The topological polar surface area (TPSA) is 38.9 Å². The van der Waals surface area contributed by atoms with Crippen LogP contribution in [0.15, 0.2) is 186 Å². The van der Waals surface area contributed by atoms with Gasteiger partial charge in [-0.25, -0.2) is 9.97 Å². The summed E-state index contributed by atoms with van der Waals surface area (Å²) in [6, 6.07) is 65.5. The van der Waals surface area contributed by atoms with Gasteiger partial charge in [-0.1, -0.05) is 146 Å². The fourth-order valence-corrected chi connectivity index (χ4v) is 9.52. The average molecular weight is 687 g/mol. The highest BCUT2D eigenvalue weighted by molar-refractivity contribution is 6.20. The fourth-order valence-electron chi connectivity index (χ4n) is 9.52. The number of hydrogen-bond donors (Lipinski definition) is 0. The molecule has 3 heteroatoms. The van der Waals surface area contributed by atoms with Gasteiger partial charge in [-0.2, -0.15) is 0 Å². The number of pyridine rings is 1. The van der Waals surface area contributed by atoms with Gasteiger partial charge in [-0.15, -0.1) is 0 Å². The zero-order valence-corrected chi connectivity index (χ0v) is 29.1. The van der Waals surface area contributed by atoms with E-state index in [0.717, 1.165) is 50.0 Å². The number of para-hydroxylation sites is 3. The van der Waals surface area contributed by atoms with Crippen molar-refractivity contribution in [2.75, 3.05) is 0 Å². The lowest BCUT2D eigenvalue weighted by Gasteiger charge is -2.30. The second kappa shape index (κ2) is 11.0. The summed E-state index contributed by atoms with van der Waals surface area (Å²) in [7, 11) is 0. The highest BCUT2D eigenvalue weighted by atomic mass is 16.3. The minimum absolute atomic E-state index is 0.405. The molecule has 10 aromatic rings. The predicted octanol–water partition coefficient (Wildman–Crippen LogP) is 12.9. The highest BCUT2D eigenvalue weighted by Crippen LogP contribution is 2.64. The first kappa shape index (κ1) is 29.5. The van der Waals surface area contributed by atoms with Gasteiger partial charge < -0.3 is 4.42 Å². The van der Waals surface area contributed by atoms with E-state index in [4.69, 9.17) is 14.4 Å². The average Bonchev–Trinajstić information content (AvgIpc) is 3.91. The molecule has 2 heterocycles. The van der Waals surface area contributed by atoms with E-state index in [2.05, 4.69) is 158 Å². The number of fused-ring (bicyclic) bond motifs is 15. The lowest BCUT2D eigenvalue weighted by atomic mass is 9.70. The molecular formula is C51H30N2O. The third-order valence-corrected chi connectivity index (χ3v) is 11.7. The predicted molar refractivity (Wildman–Crippen MR) is 219 cm³/mol. The molecule has 0 saturated heterocycles. The summed E-state index contributed by atoms with van der Waals surface area (Å²) in [5.74, 6) is 0.621. The molecule has 2 aliphatic rings. The van der Waals surface area contributed by atoms with Crippen molar-refractivity contribution >= 4 is 32.8 Å². The van der Waals surface area contributed by atoms with E-state index in [-0.39, 0.29) is 0 Å². The lowest BCUT2D eigenvalue weighted by molar-refractivity contribution is 0.620. The van der Waals surface area contributed by atoms with Crippen LogP contribution in [0.1, 0.15) is 22.3 Å². The summed E-state index contributed by atoms with van der Waals surface area (Å²) in [6.45, 7) is 0. The SMILES string of the molecule is c1cc(-c2cccc(-c3nc4ccccc4c4c5c(ccc34)C3(c4ccccc4-c4ccccc43)c3ccccc3-5)c2)cc(-c2nc3ccccc3o2)c1. The standard InChI is InChI=1S/C51H30N2O/c1-5-21-40-35(17-1)36-18-2-6-22-41(36)51(40)42-23-7-3-19-37(42)48-43(51)28-27-39-47(48)38-20-4-8-24-44(38)52-49(39)33-15-11-13-31(29-33)32-14-12-16-34(30-32)50-53-45-25-9-10-26-46(45)54-50/h1-30H. The Bertz CT molecular complexity index is 3110. The van der Waals surface area contributed by atoms with Crippen LogP contribution in [0.5, 0.6) is 0 Å². The molecule has 0 radical (unpaired) electrons. The van der Waals surface area contributed by atoms with Crippen molar-refractivity contribution in [2.45, 2.75) is 5.41 Å². The van der Waals surface area contributed by atoms with E-state index in [1.165, 1.54) is 55.3 Å². The second-order valence-corrected chi connectivity index (χ2v) is 14.4. The maximum Gasteiger partial charge on any atom is 0.227 e. The maximum atomic E-state index is 6.14.